The van der Waals surface area contributed by atoms with Crippen LogP contribution in [0, 0.1) is 5.92 Å². The number of anilines is 2. The minimum Gasteiger partial charge on any atom is -0.481 e. The highest BCUT2D eigenvalue weighted by molar-refractivity contribution is 5.61. The van der Waals surface area contributed by atoms with Crippen molar-refractivity contribution in [2.45, 2.75) is 26.4 Å². The van der Waals surface area contributed by atoms with Gasteiger partial charge < -0.3 is 20.9 Å². The number of nitrogens with zero attached hydrogens (tertiary/aromatic N) is 1. The van der Waals surface area contributed by atoms with Gasteiger partial charge in [-0.05, 0) is 18.4 Å². The fourth-order valence-corrected chi connectivity index (χ4v) is 1.55. The van der Waals surface area contributed by atoms with Crippen molar-refractivity contribution in [2.75, 3.05) is 24.7 Å². The number of hydrogen-bond donors (Lipinski definition) is 3. The van der Waals surface area contributed by atoms with Crippen molar-refractivity contribution in [3.05, 3.63) is 12.1 Å². The molecule has 1 rings (SSSR count). The number of aliphatic hydroxyl groups excluding tert-OH is 1. The van der Waals surface area contributed by atoms with Crippen LogP contribution in [0.5, 0.6) is 5.88 Å². The number of pyridine rings is 1. The minimum absolute atomic E-state index is 0.401. The Morgan fingerprint density at radius 3 is 2.76 bits per heavy atom. The number of methoxy groups -OCH3 is 1. The van der Waals surface area contributed by atoms with Crippen LogP contribution in [0.2, 0.25) is 0 Å². The SMILES string of the molecule is COc1ccc(N)c(NCC(O)CC(C)C)n1. The highest BCUT2D eigenvalue weighted by Crippen LogP contribution is 2.19. The Labute approximate surface area is 102 Å². The molecule has 0 saturated heterocycles. The number of nitrogens with two attached hydrogens (primary N) is 1. The van der Waals surface area contributed by atoms with Crippen LogP contribution in [0.4, 0.5) is 11.5 Å². The normalized spacial score (nSPS) is 12.5. The second-order valence-corrected chi connectivity index (χ2v) is 4.46. The molecule has 0 aromatic carbocycles. The molecule has 4 N–H and O–H groups in total. The molecule has 0 spiro atoms. The molecule has 0 bridgehead atoms. The molecule has 1 unspecified atom stereocenters. The van der Waals surface area contributed by atoms with E-state index in [1.165, 1.54) is 0 Å². The monoisotopic (exact) mass is 239 g/mol. The molecule has 0 amide bonds. The van der Waals surface area contributed by atoms with Gasteiger partial charge in [0.2, 0.25) is 5.88 Å². The molecule has 5 heteroatoms. The fourth-order valence-electron chi connectivity index (χ4n) is 1.55. The van der Waals surface area contributed by atoms with Crippen molar-refractivity contribution in [3.63, 3.8) is 0 Å². The molecule has 0 fully saturated rings. The van der Waals surface area contributed by atoms with Crippen LogP contribution in [0.1, 0.15) is 20.3 Å². The van der Waals surface area contributed by atoms with Crippen LogP contribution in [-0.2, 0) is 0 Å². The van der Waals surface area contributed by atoms with Gasteiger partial charge in [-0.25, -0.2) is 0 Å². The first-order chi connectivity index (χ1) is 8.02. The summed E-state index contributed by atoms with van der Waals surface area (Å²) in [5.41, 5.74) is 6.31. The third-order valence-electron chi connectivity index (χ3n) is 2.36. The molecule has 5 nitrogen and oxygen atoms in total. The van der Waals surface area contributed by atoms with E-state index in [-0.39, 0.29) is 0 Å². The fraction of sp³-hybridized carbons (Fsp3) is 0.583. The lowest BCUT2D eigenvalue weighted by atomic mass is 10.1. The van der Waals surface area contributed by atoms with Crippen molar-refractivity contribution in [2.24, 2.45) is 5.92 Å². The molecule has 1 aromatic heterocycles. The average molecular weight is 239 g/mol. The lowest BCUT2D eigenvalue weighted by molar-refractivity contribution is 0.161. The molecular formula is C12H21N3O2. The van der Waals surface area contributed by atoms with Gasteiger partial charge in [-0.15, -0.1) is 0 Å². The van der Waals surface area contributed by atoms with E-state index < -0.39 is 6.10 Å². The summed E-state index contributed by atoms with van der Waals surface area (Å²) in [7, 11) is 1.55. The van der Waals surface area contributed by atoms with E-state index >= 15 is 0 Å². The lowest BCUT2D eigenvalue weighted by Gasteiger charge is -2.15. The van der Waals surface area contributed by atoms with E-state index in [2.05, 4.69) is 24.1 Å². The summed E-state index contributed by atoms with van der Waals surface area (Å²) in [5, 5.41) is 12.8. The van der Waals surface area contributed by atoms with Crippen LogP contribution in [0.25, 0.3) is 0 Å². The largest absolute Gasteiger partial charge is 0.481 e. The molecule has 0 aliphatic carbocycles. The van der Waals surface area contributed by atoms with E-state index in [4.69, 9.17) is 10.5 Å². The number of nitrogen functional groups attached to an aromatic ring is 1. The first-order valence-electron chi connectivity index (χ1n) is 5.75. The van der Waals surface area contributed by atoms with Gasteiger partial charge in [-0.3, -0.25) is 0 Å². The third kappa shape index (κ3) is 4.48. The predicted octanol–water partition coefficient (Wildman–Crippen LogP) is 1.49. The van der Waals surface area contributed by atoms with Crippen LogP contribution < -0.4 is 15.8 Å². The quantitative estimate of drug-likeness (QED) is 0.701. The van der Waals surface area contributed by atoms with Crippen molar-refractivity contribution in [1.29, 1.82) is 0 Å². The molecule has 0 aliphatic rings. The Hall–Kier alpha value is -1.49. The molecule has 1 aromatic rings. The molecule has 0 radical (unpaired) electrons. The van der Waals surface area contributed by atoms with Crippen molar-refractivity contribution >= 4 is 11.5 Å². The summed E-state index contributed by atoms with van der Waals surface area (Å²) < 4.78 is 5.01. The predicted molar refractivity (Wildman–Crippen MR) is 69.2 cm³/mol. The third-order valence-corrected chi connectivity index (χ3v) is 2.36. The Balaban J connectivity index is 2.56. The van der Waals surface area contributed by atoms with E-state index in [9.17, 15) is 5.11 Å². The highest BCUT2D eigenvalue weighted by atomic mass is 16.5. The van der Waals surface area contributed by atoms with E-state index in [0.717, 1.165) is 6.42 Å². The summed E-state index contributed by atoms with van der Waals surface area (Å²) >= 11 is 0. The van der Waals surface area contributed by atoms with Gasteiger partial charge in [0.15, 0.2) is 5.82 Å². The summed E-state index contributed by atoms with van der Waals surface area (Å²) in [4.78, 5) is 4.17. The standard InChI is InChI=1S/C12H21N3O2/c1-8(2)6-9(16)7-14-12-10(13)4-5-11(15-12)17-3/h4-5,8-9,16H,6-7,13H2,1-3H3,(H,14,15). The highest BCUT2D eigenvalue weighted by Gasteiger charge is 2.09. The van der Waals surface area contributed by atoms with E-state index in [0.29, 0.717) is 29.8 Å². The van der Waals surface area contributed by atoms with Gasteiger partial charge in [0.25, 0.3) is 0 Å². The number of aliphatic hydroxyl groups is 1. The Morgan fingerprint density at radius 2 is 2.18 bits per heavy atom. The maximum Gasteiger partial charge on any atom is 0.215 e. The smallest absolute Gasteiger partial charge is 0.215 e. The topological polar surface area (TPSA) is 80.4 Å². The molecule has 1 heterocycles. The number of nitrogens with one attached hydrogen (secondary N) is 1. The van der Waals surface area contributed by atoms with Gasteiger partial charge in [0.1, 0.15) is 0 Å². The number of aromatic nitrogens is 1. The van der Waals surface area contributed by atoms with E-state index in [1.54, 1.807) is 19.2 Å². The Kier molecular flexibility index (Phi) is 5.03. The molecule has 0 saturated carbocycles. The van der Waals surface area contributed by atoms with Crippen LogP contribution in [0.15, 0.2) is 12.1 Å². The second kappa shape index (κ2) is 6.30. The zero-order valence-electron chi connectivity index (χ0n) is 10.6. The first-order valence-corrected chi connectivity index (χ1v) is 5.75. The van der Waals surface area contributed by atoms with E-state index in [1.807, 2.05) is 0 Å². The zero-order valence-corrected chi connectivity index (χ0v) is 10.6. The van der Waals surface area contributed by atoms with Gasteiger partial charge in [-0.2, -0.15) is 4.98 Å². The van der Waals surface area contributed by atoms with Crippen molar-refractivity contribution < 1.29 is 9.84 Å². The van der Waals surface area contributed by atoms with Gasteiger partial charge in [0.05, 0.1) is 18.9 Å². The maximum absolute atomic E-state index is 9.74. The van der Waals surface area contributed by atoms with Gasteiger partial charge >= 0.3 is 0 Å². The van der Waals surface area contributed by atoms with Crippen LogP contribution in [0.3, 0.4) is 0 Å². The average Bonchev–Trinajstić information content (AvgIpc) is 2.27. The van der Waals surface area contributed by atoms with Gasteiger partial charge in [0, 0.05) is 12.6 Å². The van der Waals surface area contributed by atoms with Crippen LogP contribution in [-0.4, -0.2) is 29.8 Å². The summed E-state index contributed by atoms with van der Waals surface area (Å²) in [6.07, 6.45) is 0.346. The molecular weight excluding hydrogens is 218 g/mol. The minimum atomic E-state index is -0.401. The summed E-state index contributed by atoms with van der Waals surface area (Å²) in [5.74, 6) is 1.51. The summed E-state index contributed by atoms with van der Waals surface area (Å²) in [6, 6.07) is 3.42. The number of hydrogen-bond acceptors (Lipinski definition) is 5. The maximum atomic E-state index is 9.74. The molecule has 1 atom stereocenters. The molecule has 17 heavy (non-hydrogen) atoms. The zero-order chi connectivity index (χ0) is 12.8. The van der Waals surface area contributed by atoms with Crippen molar-refractivity contribution in [1.82, 2.24) is 4.98 Å². The molecule has 96 valence electrons. The van der Waals surface area contributed by atoms with Crippen molar-refractivity contribution in [3.8, 4) is 5.88 Å². The number of rotatable bonds is 6. The summed E-state index contributed by atoms with van der Waals surface area (Å²) in [6.45, 7) is 4.57. The first kappa shape index (κ1) is 13.6. The Bertz CT molecular complexity index is 356. The lowest BCUT2D eigenvalue weighted by Crippen LogP contribution is -2.22. The molecule has 0 aliphatic heterocycles. The van der Waals surface area contributed by atoms with Gasteiger partial charge in [-0.1, -0.05) is 13.8 Å². The second-order valence-electron chi connectivity index (χ2n) is 4.46. The Morgan fingerprint density at radius 1 is 1.47 bits per heavy atom. The van der Waals surface area contributed by atoms with Crippen LogP contribution >= 0.6 is 0 Å². The number of ether oxygens (including phenoxy) is 1.